The first-order chi connectivity index (χ1) is 18.7. The van der Waals surface area contributed by atoms with Gasteiger partial charge in [-0.15, -0.1) is 0 Å². The molecule has 5 aromatic rings. The van der Waals surface area contributed by atoms with E-state index in [0.29, 0.717) is 45.4 Å². The van der Waals surface area contributed by atoms with Crippen molar-refractivity contribution in [3.63, 3.8) is 0 Å². The van der Waals surface area contributed by atoms with Gasteiger partial charge in [0.15, 0.2) is 5.65 Å². The van der Waals surface area contributed by atoms with Crippen molar-refractivity contribution in [1.82, 2.24) is 24.7 Å². The van der Waals surface area contributed by atoms with Crippen LogP contribution in [0.25, 0.3) is 16.7 Å². The molecule has 10 nitrogen and oxygen atoms in total. The summed E-state index contributed by atoms with van der Waals surface area (Å²) >= 11 is 18.9. The van der Waals surface area contributed by atoms with Crippen LogP contribution in [0.5, 0.6) is 5.75 Å². The summed E-state index contributed by atoms with van der Waals surface area (Å²) in [6.07, 6.45) is 2.20. The number of pyridine rings is 1. The number of benzene rings is 2. The van der Waals surface area contributed by atoms with E-state index in [1.54, 1.807) is 36.5 Å². The first-order valence-corrected chi connectivity index (χ1v) is 12.8. The zero-order valence-corrected chi connectivity index (χ0v) is 22.6. The van der Waals surface area contributed by atoms with E-state index >= 15 is 0 Å². The minimum absolute atomic E-state index is 0.162. The third-order valence-corrected chi connectivity index (χ3v) is 6.57. The number of anilines is 2. The Hall–Kier alpha value is -4.12. The quantitative estimate of drug-likeness (QED) is 0.182. The molecule has 13 heteroatoms. The number of aromatic amines is 1. The number of urea groups is 1. The summed E-state index contributed by atoms with van der Waals surface area (Å²) in [4.78, 5) is 36.8. The zero-order valence-electron chi connectivity index (χ0n) is 20.3. The van der Waals surface area contributed by atoms with Crippen molar-refractivity contribution in [1.29, 1.82) is 0 Å². The molecule has 0 aliphatic rings. The molecule has 2 amide bonds. The molecule has 0 radical (unpaired) electrons. The van der Waals surface area contributed by atoms with Gasteiger partial charge in [0, 0.05) is 17.6 Å². The number of phenols is 1. The molecule has 3 aromatic heterocycles. The summed E-state index contributed by atoms with van der Waals surface area (Å²) in [5.74, 6) is 0.527. The van der Waals surface area contributed by atoms with Gasteiger partial charge in [-0.1, -0.05) is 53.9 Å². The van der Waals surface area contributed by atoms with Crippen molar-refractivity contribution in [3.8, 4) is 11.4 Å². The summed E-state index contributed by atoms with van der Waals surface area (Å²) in [6.45, 7) is 1.87. The lowest BCUT2D eigenvalue weighted by Gasteiger charge is -2.11. The highest BCUT2D eigenvalue weighted by atomic mass is 35.5. The van der Waals surface area contributed by atoms with E-state index in [0.717, 1.165) is 0 Å². The molecule has 0 unspecified atom stereocenters. The van der Waals surface area contributed by atoms with Crippen LogP contribution in [-0.2, 0) is 12.8 Å². The van der Waals surface area contributed by atoms with Crippen LogP contribution in [0.2, 0.25) is 15.1 Å². The van der Waals surface area contributed by atoms with Gasteiger partial charge in [0.05, 0.1) is 21.4 Å². The fraction of sp³-hybridized carbons (Fsp3) is 0.115. The van der Waals surface area contributed by atoms with Crippen molar-refractivity contribution < 1.29 is 9.90 Å². The van der Waals surface area contributed by atoms with Gasteiger partial charge in [0.25, 0.3) is 5.56 Å². The Bertz CT molecular complexity index is 1750. The smallest absolute Gasteiger partial charge is 0.324 e. The molecule has 39 heavy (non-hydrogen) atoms. The van der Waals surface area contributed by atoms with E-state index in [-0.39, 0.29) is 39.1 Å². The Labute approximate surface area is 236 Å². The molecule has 5 rings (SSSR count). The van der Waals surface area contributed by atoms with Crippen LogP contribution >= 0.6 is 34.8 Å². The number of carbonyl (C=O) groups is 1. The molecule has 3 heterocycles. The summed E-state index contributed by atoms with van der Waals surface area (Å²) < 4.78 is 1.44. The Morgan fingerprint density at radius 1 is 1.08 bits per heavy atom. The fourth-order valence-corrected chi connectivity index (χ4v) is 5.03. The van der Waals surface area contributed by atoms with Gasteiger partial charge < -0.3 is 15.4 Å². The number of fused-ring (bicyclic) bond motifs is 1. The number of aryl methyl sites for hydroxylation is 1. The lowest BCUT2D eigenvalue weighted by Crippen LogP contribution is -2.20. The van der Waals surface area contributed by atoms with Crippen LogP contribution in [0.4, 0.5) is 16.3 Å². The fourth-order valence-electron chi connectivity index (χ4n) is 4.06. The first-order valence-electron chi connectivity index (χ1n) is 11.7. The molecule has 2 aromatic carbocycles. The third-order valence-electron chi connectivity index (χ3n) is 5.78. The maximum absolute atomic E-state index is 13.1. The number of H-pyrrole nitrogens is 1. The molecule has 198 valence electrons. The Morgan fingerprint density at radius 2 is 1.85 bits per heavy atom. The van der Waals surface area contributed by atoms with Crippen LogP contribution in [0.1, 0.15) is 24.0 Å². The number of rotatable bonds is 6. The van der Waals surface area contributed by atoms with Crippen molar-refractivity contribution >= 4 is 63.4 Å². The second kappa shape index (κ2) is 10.9. The number of nitrogens with one attached hydrogen (secondary N) is 3. The molecule has 0 saturated carbocycles. The average molecular weight is 585 g/mol. The zero-order chi connectivity index (χ0) is 27.7. The number of halogens is 3. The summed E-state index contributed by atoms with van der Waals surface area (Å²) in [7, 11) is 0. The summed E-state index contributed by atoms with van der Waals surface area (Å²) in [5.41, 5.74) is 1.63. The second-order valence-corrected chi connectivity index (χ2v) is 9.71. The van der Waals surface area contributed by atoms with Crippen LogP contribution in [0.3, 0.4) is 0 Å². The van der Waals surface area contributed by atoms with Crippen molar-refractivity contribution in [3.05, 3.63) is 97.2 Å². The topological polar surface area (TPSA) is 138 Å². The Kier molecular flexibility index (Phi) is 7.42. The minimum Gasteiger partial charge on any atom is -0.506 e. The highest BCUT2D eigenvalue weighted by Gasteiger charge is 2.21. The van der Waals surface area contributed by atoms with Crippen molar-refractivity contribution in [2.24, 2.45) is 0 Å². The van der Waals surface area contributed by atoms with E-state index in [2.05, 4.69) is 30.7 Å². The van der Waals surface area contributed by atoms with Gasteiger partial charge in [0.1, 0.15) is 28.5 Å². The molecule has 0 atom stereocenters. The lowest BCUT2D eigenvalue weighted by atomic mass is 10.1. The Morgan fingerprint density at radius 3 is 2.51 bits per heavy atom. The van der Waals surface area contributed by atoms with E-state index < -0.39 is 6.03 Å². The number of hydrogen-bond donors (Lipinski definition) is 4. The highest BCUT2D eigenvalue weighted by molar-refractivity contribution is 6.40. The summed E-state index contributed by atoms with van der Waals surface area (Å²) in [5, 5.41) is 21.4. The maximum atomic E-state index is 13.1. The summed E-state index contributed by atoms with van der Waals surface area (Å²) in [6, 6.07) is 12.3. The number of hydrogen-bond acceptors (Lipinski definition) is 6. The number of aromatic hydroxyl groups is 1. The van der Waals surface area contributed by atoms with E-state index in [4.69, 9.17) is 34.8 Å². The van der Waals surface area contributed by atoms with Gasteiger partial charge in [0.2, 0.25) is 0 Å². The molecule has 0 aliphatic carbocycles. The minimum atomic E-state index is -0.562. The van der Waals surface area contributed by atoms with Crippen LogP contribution in [0.15, 0.2) is 59.5 Å². The van der Waals surface area contributed by atoms with Crippen LogP contribution in [-0.4, -0.2) is 35.9 Å². The third kappa shape index (κ3) is 5.53. The Balaban J connectivity index is 1.45. The van der Waals surface area contributed by atoms with E-state index in [1.807, 2.05) is 6.92 Å². The van der Waals surface area contributed by atoms with Gasteiger partial charge in [-0.3, -0.25) is 10.1 Å². The number of amides is 2. The standard InChI is InChI=1S/C26H20Cl3N7O3/c1-2-17-22-24(36(35-17)23-15(28)11-14(27)12-16(23)29)32-21(33-25(22)38)10-13-6-7-18(19(37)9-13)31-26(39)34-20-5-3-4-8-30-20/h3-9,11-12,37H,2,10H2,1H3,(H,32,33,38)(H2,30,31,34,39). The normalized spacial score (nSPS) is 11.1. The van der Waals surface area contributed by atoms with E-state index in [1.165, 1.54) is 22.9 Å². The largest absolute Gasteiger partial charge is 0.506 e. The number of nitrogens with zero attached hydrogens (tertiary/aromatic N) is 4. The predicted molar refractivity (Wildman–Crippen MR) is 152 cm³/mol. The molecule has 0 saturated heterocycles. The lowest BCUT2D eigenvalue weighted by molar-refractivity contribution is 0.262. The molecule has 4 N–H and O–H groups in total. The van der Waals surface area contributed by atoms with Gasteiger partial charge in [-0.05, 0) is 48.4 Å². The van der Waals surface area contributed by atoms with Gasteiger partial charge in [-0.2, -0.15) is 5.10 Å². The number of aromatic nitrogens is 5. The first kappa shape index (κ1) is 26.5. The van der Waals surface area contributed by atoms with Crippen LogP contribution in [0, 0.1) is 0 Å². The second-order valence-electron chi connectivity index (χ2n) is 8.46. The monoisotopic (exact) mass is 583 g/mol. The molecular formula is C26H20Cl3N7O3. The molecule has 0 aliphatic heterocycles. The molecular weight excluding hydrogens is 565 g/mol. The average Bonchev–Trinajstić information content (AvgIpc) is 3.24. The van der Waals surface area contributed by atoms with Gasteiger partial charge in [-0.25, -0.2) is 19.4 Å². The SMILES string of the molecule is CCc1nn(-c2c(Cl)cc(Cl)cc2Cl)c2nc(Cc3ccc(NC(=O)Nc4ccccn4)c(O)c3)[nH]c(=O)c12. The van der Waals surface area contributed by atoms with Crippen LogP contribution < -0.4 is 16.2 Å². The van der Waals surface area contributed by atoms with Gasteiger partial charge >= 0.3 is 6.03 Å². The molecule has 0 spiro atoms. The predicted octanol–water partition coefficient (Wildman–Crippen LogP) is 5.97. The highest BCUT2D eigenvalue weighted by Crippen LogP contribution is 2.34. The molecule has 0 fully saturated rings. The number of carbonyl (C=O) groups excluding carboxylic acids is 1. The van der Waals surface area contributed by atoms with Crippen molar-refractivity contribution in [2.75, 3.05) is 10.6 Å². The molecule has 0 bridgehead atoms. The van der Waals surface area contributed by atoms with Crippen molar-refractivity contribution in [2.45, 2.75) is 19.8 Å². The van der Waals surface area contributed by atoms with E-state index in [9.17, 15) is 14.7 Å². The number of phenolic OH excluding ortho intramolecular Hbond substituents is 1. The maximum Gasteiger partial charge on any atom is 0.324 e.